The molecule has 0 atom stereocenters. The molecule has 0 aliphatic carbocycles. The first-order valence-electron chi connectivity index (χ1n) is 10.5. The van der Waals surface area contributed by atoms with Crippen LogP contribution in [0.2, 0.25) is 0 Å². The Kier molecular flexibility index (Phi) is 5.91. The van der Waals surface area contributed by atoms with Gasteiger partial charge in [-0.05, 0) is 55.3 Å². The van der Waals surface area contributed by atoms with Crippen molar-refractivity contribution in [2.45, 2.75) is 13.8 Å². The summed E-state index contributed by atoms with van der Waals surface area (Å²) in [5.74, 6) is -1.03. The summed E-state index contributed by atoms with van der Waals surface area (Å²) in [7, 11) is 0. The summed E-state index contributed by atoms with van der Waals surface area (Å²) in [6.45, 7) is 7.90. The molecule has 4 aromatic rings. The molecule has 0 saturated carbocycles. The summed E-state index contributed by atoms with van der Waals surface area (Å²) in [4.78, 5) is 13.8. The van der Waals surface area contributed by atoms with Crippen molar-refractivity contribution < 1.29 is 9.90 Å². The van der Waals surface area contributed by atoms with Crippen molar-refractivity contribution in [1.29, 1.82) is 0 Å². The van der Waals surface area contributed by atoms with Crippen molar-refractivity contribution in [1.82, 2.24) is 0 Å². The Morgan fingerprint density at radius 2 is 1.28 bits per heavy atom. The van der Waals surface area contributed by atoms with Gasteiger partial charge in [-0.2, -0.15) is 0 Å². The Morgan fingerprint density at radius 1 is 0.750 bits per heavy atom. The molecule has 3 nitrogen and oxygen atoms in total. The van der Waals surface area contributed by atoms with Crippen LogP contribution in [0.4, 0.5) is 17.1 Å². The molecule has 4 rings (SSSR count). The molecular formula is C29H25NO2. The molecule has 4 aromatic carbocycles. The van der Waals surface area contributed by atoms with Crippen LogP contribution in [0.15, 0.2) is 104 Å². The molecule has 0 saturated heterocycles. The normalized spacial score (nSPS) is 10.6. The molecule has 158 valence electrons. The minimum Gasteiger partial charge on any atom is -0.478 e. The second kappa shape index (κ2) is 8.94. The van der Waals surface area contributed by atoms with Gasteiger partial charge in [-0.25, -0.2) is 4.79 Å². The molecule has 3 heteroatoms. The lowest BCUT2D eigenvalue weighted by Gasteiger charge is -2.28. The van der Waals surface area contributed by atoms with Crippen LogP contribution in [0.1, 0.15) is 16.7 Å². The smallest absolute Gasteiger partial charge is 0.335 e. The van der Waals surface area contributed by atoms with Gasteiger partial charge in [0.15, 0.2) is 0 Å². The van der Waals surface area contributed by atoms with E-state index >= 15 is 0 Å². The average molecular weight is 420 g/mol. The van der Waals surface area contributed by atoms with Gasteiger partial charge >= 0.3 is 5.97 Å². The number of carbonyl (C=O) groups is 1. The van der Waals surface area contributed by atoms with Gasteiger partial charge in [0.1, 0.15) is 0 Å². The third-order valence-corrected chi connectivity index (χ3v) is 5.51. The van der Waals surface area contributed by atoms with Gasteiger partial charge < -0.3 is 10.0 Å². The molecule has 1 N–H and O–H groups in total. The van der Waals surface area contributed by atoms with Crippen molar-refractivity contribution in [2.75, 3.05) is 4.90 Å². The summed E-state index contributed by atoms with van der Waals surface area (Å²) >= 11 is 0. The molecule has 0 aliphatic rings. The number of benzene rings is 4. The molecule has 0 spiro atoms. The predicted octanol–water partition coefficient (Wildman–Crippen LogP) is 7.54. The molecule has 0 amide bonds. The van der Waals surface area contributed by atoms with E-state index in [1.165, 1.54) is 11.1 Å². The van der Waals surface area contributed by atoms with Crippen molar-refractivity contribution in [3.05, 3.63) is 120 Å². The van der Waals surface area contributed by atoms with E-state index in [1.54, 1.807) is 0 Å². The third kappa shape index (κ3) is 4.33. The lowest BCUT2D eigenvalue weighted by atomic mass is 9.97. The number of carboxylic acid groups (broad SMARTS) is 1. The predicted molar refractivity (Wildman–Crippen MR) is 133 cm³/mol. The highest BCUT2D eigenvalue weighted by Gasteiger charge is 2.19. The minimum absolute atomic E-state index is 0.0682. The summed E-state index contributed by atoms with van der Waals surface area (Å²) in [5.41, 5.74) is 7.94. The summed E-state index contributed by atoms with van der Waals surface area (Å²) in [6, 6.07) is 32.5. The van der Waals surface area contributed by atoms with E-state index in [4.69, 9.17) is 0 Å². The maximum Gasteiger partial charge on any atom is 0.335 e. The molecule has 0 fully saturated rings. The second-order valence-corrected chi connectivity index (χ2v) is 7.89. The molecule has 0 radical (unpaired) electrons. The van der Waals surface area contributed by atoms with Gasteiger partial charge in [-0.3, -0.25) is 0 Å². The number of carboxylic acids is 1. The Labute approximate surface area is 188 Å². The van der Waals surface area contributed by atoms with Crippen LogP contribution in [0.5, 0.6) is 0 Å². The van der Waals surface area contributed by atoms with Gasteiger partial charge in [0.2, 0.25) is 0 Å². The van der Waals surface area contributed by atoms with Gasteiger partial charge in [-0.1, -0.05) is 84.4 Å². The molecule has 32 heavy (non-hydrogen) atoms. The van der Waals surface area contributed by atoms with Crippen LogP contribution in [0.3, 0.4) is 0 Å². The Hall–Kier alpha value is -4.11. The van der Waals surface area contributed by atoms with Crippen LogP contribution in [0, 0.1) is 13.8 Å². The number of hydrogen-bond acceptors (Lipinski definition) is 2. The van der Waals surface area contributed by atoms with E-state index in [1.807, 2.05) is 36.4 Å². The van der Waals surface area contributed by atoms with Crippen molar-refractivity contribution in [3.8, 4) is 11.1 Å². The lowest BCUT2D eigenvalue weighted by molar-refractivity contribution is -0.130. The fourth-order valence-corrected chi connectivity index (χ4v) is 3.70. The quantitative estimate of drug-likeness (QED) is 0.328. The van der Waals surface area contributed by atoms with E-state index < -0.39 is 5.97 Å². The van der Waals surface area contributed by atoms with Crippen LogP contribution in [0.25, 0.3) is 16.7 Å². The SMILES string of the molecule is C=C(C(=O)O)c1ccc(-c2ccccc2)c(N(c2ccc(C)cc2)c2ccc(C)cc2)c1. The Balaban J connectivity index is 2.00. The lowest BCUT2D eigenvalue weighted by Crippen LogP contribution is -2.12. The van der Waals surface area contributed by atoms with Gasteiger partial charge in [0.25, 0.3) is 0 Å². The Bertz CT molecular complexity index is 1210. The molecular weight excluding hydrogens is 394 g/mol. The molecule has 0 unspecified atom stereocenters. The fourth-order valence-electron chi connectivity index (χ4n) is 3.70. The van der Waals surface area contributed by atoms with E-state index in [2.05, 4.69) is 86.0 Å². The second-order valence-electron chi connectivity index (χ2n) is 7.89. The Morgan fingerprint density at radius 3 is 1.78 bits per heavy atom. The van der Waals surface area contributed by atoms with Crippen molar-refractivity contribution >= 4 is 28.6 Å². The number of aryl methyl sites for hydroxylation is 2. The number of rotatable bonds is 6. The van der Waals surface area contributed by atoms with Crippen LogP contribution in [-0.2, 0) is 4.79 Å². The maximum absolute atomic E-state index is 11.6. The van der Waals surface area contributed by atoms with E-state index in [0.29, 0.717) is 5.56 Å². The fraction of sp³-hybridized carbons (Fsp3) is 0.0690. The highest BCUT2D eigenvalue weighted by Crippen LogP contribution is 2.42. The van der Waals surface area contributed by atoms with E-state index in [-0.39, 0.29) is 5.57 Å². The zero-order chi connectivity index (χ0) is 22.7. The summed E-state index contributed by atoms with van der Waals surface area (Å²) in [5, 5.41) is 9.53. The first kappa shape index (κ1) is 21.1. The van der Waals surface area contributed by atoms with Crippen molar-refractivity contribution in [3.63, 3.8) is 0 Å². The molecule has 0 heterocycles. The zero-order valence-corrected chi connectivity index (χ0v) is 18.2. The largest absolute Gasteiger partial charge is 0.478 e. The van der Waals surface area contributed by atoms with Gasteiger partial charge in [0.05, 0.1) is 11.3 Å². The summed E-state index contributed by atoms with van der Waals surface area (Å²) in [6.07, 6.45) is 0. The molecule has 0 aromatic heterocycles. The monoisotopic (exact) mass is 419 g/mol. The molecule has 0 bridgehead atoms. The number of aliphatic carboxylic acids is 1. The summed E-state index contributed by atoms with van der Waals surface area (Å²) < 4.78 is 0. The van der Waals surface area contributed by atoms with Crippen molar-refractivity contribution in [2.24, 2.45) is 0 Å². The number of anilines is 3. The topological polar surface area (TPSA) is 40.5 Å². The van der Waals surface area contributed by atoms with Gasteiger partial charge in [0, 0.05) is 16.9 Å². The van der Waals surface area contributed by atoms with E-state index in [9.17, 15) is 9.90 Å². The third-order valence-electron chi connectivity index (χ3n) is 5.51. The van der Waals surface area contributed by atoms with Gasteiger partial charge in [-0.15, -0.1) is 0 Å². The zero-order valence-electron chi connectivity index (χ0n) is 18.2. The first-order chi connectivity index (χ1) is 15.4. The van der Waals surface area contributed by atoms with Crippen LogP contribution in [-0.4, -0.2) is 11.1 Å². The highest BCUT2D eigenvalue weighted by molar-refractivity contribution is 6.15. The van der Waals surface area contributed by atoms with Crippen LogP contribution >= 0.6 is 0 Å². The van der Waals surface area contributed by atoms with E-state index in [0.717, 1.165) is 28.2 Å². The average Bonchev–Trinajstić information content (AvgIpc) is 2.81. The highest BCUT2D eigenvalue weighted by atomic mass is 16.4. The first-order valence-corrected chi connectivity index (χ1v) is 10.5. The maximum atomic E-state index is 11.6. The number of nitrogens with zero attached hydrogens (tertiary/aromatic N) is 1. The van der Waals surface area contributed by atoms with Crippen LogP contribution < -0.4 is 4.90 Å². The molecule has 0 aliphatic heterocycles. The minimum atomic E-state index is -1.03. The number of hydrogen-bond donors (Lipinski definition) is 1. The standard InChI is InChI=1S/C29H25NO2/c1-20-9-14-25(15-10-20)30(26-16-11-21(2)12-17-26)28-19-24(22(3)29(31)32)13-18-27(28)23-7-5-4-6-8-23/h4-19H,3H2,1-2H3,(H,31,32).